The van der Waals surface area contributed by atoms with E-state index in [4.69, 9.17) is 0 Å². The summed E-state index contributed by atoms with van der Waals surface area (Å²) in [6, 6.07) is 4.80. The Kier molecular flexibility index (Phi) is 4.71. The highest BCUT2D eigenvalue weighted by Crippen LogP contribution is 2.15. The van der Waals surface area contributed by atoms with Crippen molar-refractivity contribution in [2.45, 2.75) is 13.3 Å². The smallest absolute Gasteiger partial charge is 0.259 e. The van der Waals surface area contributed by atoms with Gasteiger partial charge >= 0.3 is 0 Å². The number of amides is 1. The second kappa shape index (κ2) is 6.69. The van der Waals surface area contributed by atoms with Gasteiger partial charge in [0, 0.05) is 37.7 Å². The molecule has 0 saturated heterocycles. The van der Waals surface area contributed by atoms with Gasteiger partial charge in [-0.15, -0.1) is 0 Å². The summed E-state index contributed by atoms with van der Waals surface area (Å²) < 4.78 is 0. The zero-order valence-electron chi connectivity index (χ0n) is 11.7. The third-order valence-electron chi connectivity index (χ3n) is 3.22. The average Bonchev–Trinajstić information content (AvgIpc) is 2.48. The highest BCUT2D eigenvalue weighted by Gasteiger charge is 2.18. The number of hydrogen-bond acceptors (Lipinski definition) is 4. The Hall–Kier alpha value is -2.63. The monoisotopic (exact) mass is 287 g/mol. The molecule has 0 aliphatic heterocycles. The van der Waals surface area contributed by atoms with Gasteiger partial charge in [-0.05, 0) is 31.0 Å². The molecule has 0 unspecified atom stereocenters. The number of H-pyrrole nitrogens is 1. The lowest BCUT2D eigenvalue weighted by Gasteiger charge is -2.21. The first-order valence-electron chi connectivity index (χ1n) is 6.71. The van der Waals surface area contributed by atoms with Gasteiger partial charge in [0.05, 0.1) is 5.56 Å². The second-order valence-electron chi connectivity index (χ2n) is 4.59. The SMILES string of the molecule is CCN(CCc1ccncc1)C(=O)c1c[nH]c(=O)cc1O. The zero-order chi connectivity index (χ0) is 15.2. The van der Waals surface area contributed by atoms with E-state index < -0.39 is 5.56 Å². The fraction of sp³-hybridized carbons (Fsp3) is 0.267. The van der Waals surface area contributed by atoms with Crippen molar-refractivity contribution < 1.29 is 9.90 Å². The van der Waals surface area contributed by atoms with Crippen LogP contribution in [0, 0.1) is 0 Å². The number of aromatic nitrogens is 2. The van der Waals surface area contributed by atoms with Gasteiger partial charge in [0.15, 0.2) is 0 Å². The third-order valence-corrected chi connectivity index (χ3v) is 3.22. The van der Waals surface area contributed by atoms with Crippen LogP contribution in [-0.4, -0.2) is 39.0 Å². The first kappa shape index (κ1) is 14.8. The van der Waals surface area contributed by atoms with E-state index in [1.165, 1.54) is 6.20 Å². The van der Waals surface area contributed by atoms with Crippen molar-refractivity contribution in [2.24, 2.45) is 0 Å². The molecule has 2 aromatic heterocycles. The maximum Gasteiger partial charge on any atom is 0.259 e. The molecule has 6 nitrogen and oxygen atoms in total. The van der Waals surface area contributed by atoms with E-state index in [9.17, 15) is 14.7 Å². The molecular formula is C15H17N3O3. The maximum absolute atomic E-state index is 12.4. The Morgan fingerprint density at radius 2 is 2.10 bits per heavy atom. The van der Waals surface area contributed by atoms with Crippen LogP contribution in [0.3, 0.4) is 0 Å². The number of carbonyl (C=O) groups is 1. The molecule has 0 fully saturated rings. The van der Waals surface area contributed by atoms with E-state index in [1.54, 1.807) is 17.3 Å². The van der Waals surface area contributed by atoms with Crippen molar-refractivity contribution >= 4 is 5.91 Å². The Morgan fingerprint density at radius 3 is 2.71 bits per heavy atom. The Bertz CT molecular complexity index is 667. The Morgan fingerprint density at radius 1 is 1.38 bits per heavy atom. The molecule has 2 aromatic rings. The van der Waals surface area contributed by atoms with Gasteiger partial charge in [0.2, 0.25) is 0 Å². The van der Waals surface area contributed by atoms with E-state index in [0.717, 1.165) is 11.6 Å². The predicted molar refractivity (Wildman–Crippen MR) is 78.2 cm³/mol. The Labute approximate surface area is 122 Å². The van der Waals surface area contributed by atoms with E-state index >= 15 is 0 Å². The zero-order valence-corrected chi connectivity index (χ0v) is 11.7. The van der Waals surface area contributed by atoms with E-state index in [0.29, 0.717) is 19.5 Å². The topological polar surface area (TPSA) is 86.3 Å². The van der Waals surface area contributed by atoms with Crippen LogP contribution in [0.25, 0.3) is 0 Å². The van der Waals surface area contributed by atoms with E-state index in [-0.39, 0.29) is 17.2 Å². The van der Waals surface area contributed by atoms with Crippen molar-refractivity contribution in [3.05, 3.63) is 58.3 Å². The van der Waals surface area contributed by atoms with Crippen LogP contribution in [0.5, 0.6) is 5.75 Å². The number of nitrogens with zero attached hydrogens (tertiary/aromatic N) is 2. The number of aromatic amines is 1. The lowest BCUT2D eigenvalue weighted by Crippen LogP contribution is -2.33. The van der Waals surface area contributed by atoms with Gasteiger partial charge in [-0.3, -0.25) is 14.6 Å². The molecule has 0 atom stereocenters. The molecule has 21 heavy (non-hydrogen) atoms. The van der Waals surface area contributed by atoms with Crippen LogP contribution in [0.15, 0.2) is 41.6 Å². The van der Waals surface area contributed by atoms with Crippen molar-refractivity contribution in [3.63, 3.8) is 0 Å². The Balaban J connectivity index is 2.09. The van der Waals surface area contributed by atoms with E-state index in [2.05, 4.69) is 9.97 Å². The summed E-state index contributed by atoms with van der Waals surface area (Å²) in [6.45, 7) is 2.91. The fourth-order valence-electron chi connectivity index (χ4n) is 2.02. The minimum absolute atomic E-state index is 0.103. The minimum Gasteiger partial charge on any atom is -0.507 e. The molecule has 1 amide bonds. The largest absolute Gasteiger partial charge is 0.507 e. The molecule has 2 rings (SSSR count). The molecule has 6 heteroatoms. The van der Waals surface area contributed by atoms with Crippen molar-refractivity contribution in [2.75, 3.05) is 13.1 Å². The summed E-state index contributed by atoms with van der Waals surface area (Å²) in [4.78, 5) is 31.4. The van der Waals surface area contributed by atoms with Crippen LogP contribution in [-0.2, 0) is 6.42 Å². The summed E-state index contributed by atoms with van der Waals surface area (Å²) in [6.07, 6.45) is 5.36. The summed E-state index contributed by atoms with van der Waals surface area (Å²) in [5.41, 5.74) is 0.747. The number of hydrogen-bond donors (Lipinski definition) is 2. The number of aromatic hydroxyl groups is 1. The van der Waals surface area contributed by atoms with Crippen molar-refractivity contribution in [1.82, 2.24) is 14.9 Å². The molecule has 0 spiro atoms. The highest BCUT2D eigenvalue weighted by atomic mass is 16.3. The molecule has 2 N–H and O–H groups in total. The molecule has 0 radical (unpaired) electrons. The summed E-state index contributed by atoms with van der Waals surface area (Å²) in [5.74, 6) is -0.605. The van der Waals surface area contributed by atoms with Crippen LogP contribution >= 0.6 is 0 Å². The number of pyridine rings is 2. The normalized spacial score (nSPS) is 10.3. The molecule has 0 aliphatic rings. The third kappa shape index (κ3) is 3.68. The summed E-state index contributed by atoms with van der Waals surface area (Å²) >= 11 is 0. The molecule has 2 heterocycles. The van der Waals surface area contributed by atoms with Crippen molar-refractivity contribution in [3.8, 4) is 5.75 Å². The first-order chi connectivity index (χ1) is 10.1. The van der Waals surface area contributed by atoms with Gasteiger partial charge in [-0.1, -0.05) is 0 Å². The van der Waals surface area contributed by atoms with Gasteiger partial charge in [0.1, 0.15) is 5.75 Å². The van der Waals surface area contributed by atoms with Gasteiger partial charge < -0.3 is 15.0 Å². The predicted octanol–water partition coefficient (Wildman–Crippen LogP) is 1.18. The molecule has 0 aliphatic carbocycles. The van der Waals surface area contributed by atoms with Crippen molar-refractivity contribution in [1.29, 1.82) is 0 Å². The molecule has 110 valence electrons. The van der Waals surface area contributed by atoms with Crippen LogP contribution in [0.2, 0.25) is 0 Å². The summed E-state index contributed by atoms with van der Waals surface area (Å²) in [5, 5.41) is 9.72. The van der Waals surface area contributed by atoms with Gasteiger partial charge in [-0.25, -0.2) is 0 Å². The number of nitrogens with one attached hydrogen (secondary N) is 1. The van der Waals surface area contributed by atoms with Crippen LogP contribution < -0.4 is 5.56 Å². The molecule has 0 saturated carbocycles. The van der Waals surface area contributed by atoms with Crippen LogP contribution in [0.1, 0.15) is 22.8 Å². The number of rotatable bonds is 5. The summed E-state index contributed by atoms with van der Waals surface area (Å²) in [7, 11) is 0. The second-order valence-corrected chi connectivity index (χ2v) is 4.59. The quantitative estimate of drug-likeness (QED) is 0.864. The molecule has 0 aromatic carbocycles. The van der Waals surface area contributed by atoms with E-state index in [1.807, 2.05) is 19.1 Å². The highest BCUT2D eigenvalue weighted by molar-refractivity contribution is 5.96. The fourth-order valence-corrected chi connectivity index (χ4v) is 2.02. The molecule has 0 bridgehead atoms. The van der Waals surface area contributed by atoms with Gasteiger partial charge in [-0.2, -0.15) is 0 Å². The standard InChI is InChI=1S/C15H17N3O3/c1-2-18(8-5-11-3-6-16-7-4-11)15(21)12-10-17-14(20)9-13(12)19/h3-4,6-7,9-10H,2,5,8H2,1H3,(H2,17,19,20). The first-order valence-corrected chi connectivity index (χ1v) is 6.71. The maximum atomic E-state index is 12.4. The lowest BCUT2D eigenvalue weighted by atomic mass is 10.1. The average molecular weight is 287 g/mol. The number of likely N-dealkylation sites (N-methyl/N-ethyl adjacent to an activating group) is 1. The minimum atomic E-state index is -0.441. The van der Waals surface area contributed by atoms with Gasteiger partial charge in [0.25, 0.3) is 11.5 Å². The number of carbonyl (C=O) groups excluding carboxylic acids is 1. The lowest BCUT2D eigenvalue weighted by molar-refractivity contribution is 0.0762. The molecular weight excluding hydrogens is 270 g/mol. The van der Waals surface area contributed by atoms with Crippen LogP contribution in [0.4, 0.5) is 0 Å².